The van der Waals surface area contributed by atoms with Gasteiger partial charge in [0, 0.05) is 44.3 Å². The molecule has 0 unspecified atom stereocenters. The fourth-order valence-electron chi connectivity index (χ4n) is 3.63. The highest BCUT2D eigenvalue weighted by Crippen LogP contribution is 2.14. The fraction of sp³-hybridized carbons (Fsp3) is 0.455. The molecule has 0 saturated carbocycles. The molecule has 0 aliphatic carbocycles. The number of nitrogens with one attached hydrogen (secondary N) is 2. The molecule has 1 saturated heterocycles. The van der Waals surface area contributed by atoms with E-state index >= 15 is 0 Å². The normalized spacial score (nSPS) is 16.2. The lowest BCUT2D eigenvalue weighted by Crippen LogP contribution is -2.47. The van der Waals surface area contributed by atoms with Crippen LogP contribution in [0.2, 0.25) is 5.02 Å². The zero-order valence-electron chi connectivity index (χ0n) is 18.5. The minimum absolute atomic E-state index is 0.214. The third-order valence-corrected chi connectivity index (χ3v) is 8.73. The molecule has 0 radical (unpaired) electrons. The van der Waals surface area contributed by atoms with Gasteiger partial charge in [-0.3, -0.25) is 0 Å². The van der Waals surface area contributed by atoms with E-state index < -0.39 is 20.0 Å². The van der Waals surface area contributed by atoms with E-state index in [1.54, 1.807) is 42.5 Å². The second-order valence-electron chi connectivity index (χ2n) is 7.95. The van der Waals surface area contributed by atoms with Crippen molar-refractivity contribution in [3.63, 3.8) is 0 Å². The average molecular weight is 515 g/mol. The van der Waals surface area contributed by atoms with E-state index in [0.29, 0.717) is 18.1 Å². The molecule has 1 fully saturated rings. The lowest BCUT2D eigenvalue weighted by atomic mass is 10.2. The summed E-state index contributed by atoms with van der Waals surface area (Å²) in [5.41, 5.74) is 0. The van der Waals surface area contributed by atoms with Gasteiger partial charge in [-0.25, -0.2) is 26.3 Å². The number of sulfonamides is 2. The van der Waals surface area contributed by atoms with Crippen molar-refractivity contribution in [2.45, 2.75) is 22.6 Å². The molecular weight excluding hydrogens is 484 g/mol. The molecule has 2 aromatic carbocycles. The summed E-state index contributed by atoms with van der Waals surface area (Å²) in [6.45, 7) is 6.13. The summed E-state index contributed by atoms with van der Waals surface area (Å²) in [5, 5.41) is 0.501. The van der Waals surface area contributed by atoms with Crippen molar-refractivity contribution in [2.24, 2.45) is 0 Å². The SMILES string of the molecule is O=S(=O)(NCCCN1CCN(CCCNS(=O)(=O)c2ccc(Cl)cc2)CC1)c1ccccc1. The van der Waals surface area contributed by atoms with Crippen molar-refractivity contribution in [2.75, 3.05) is 52.4 Å². The minimum atomic E-state index is -3.51. The summed E-state index contributed by atoms with van der Waals surface area (Å²) >= 11 is 5.81. The van der Waals surface area contributed by atoms with Gasteiger partial charge in [0.1, 0.15) is 0 Å². The van der Waals surface area contributed by atoms with E-state index in [4.69, 9.17) is 11.6 Å². The quantitative estimate of drug-likeness (QED) is 0.420. The zero-order chi connectivity index (χ0) is 23.7. The zero-order valence-corrected chi connectivity index (χ0v) is 20.9. The van der Waals surface area contributed by atoms with Crippen LogP contribution in [-0.2, 0) is 20.0 Å². The van der Waals surface area contributed by atoms with E-state index in [-0.39, 0.29) is 9.79 Å². The Kier molecular flexibility index (Phi) is 9.69. The first-order valence-electron chi connectivity index (χ1n) is 11.0. The van der Waals surface area contributed by atoms with Crippen LogP contribution in [0.3, 0.4) is 0 Å². The molecular formula is C22H31ClN4O4S2. The van der Waals surface area contributed by atoms with E-state index in [2.05, 4.69) is 19.2 Å². The van der Waals surface area contributed by atoms with Crippen molar-refractivity contribution < 1.29 is 16.8 Å². The van der Waals surface area contributed by atoms with Gasteiger partial charge in [0.05, 0.1) is 9.79 Å². The molecule has 1 aliphatic rings. The Labute approximate surface area is 202 Å². The predicted octanol–water partition coefficient (Wildman–Crippen LogP) is 1.99. The highest BCUT2D eigenvalue weighted by atomic mass is 35.5. The summed E-state index contributed by atoms with van der Waals surface area (Å²) < 4.78 is 54.3. The van der Waals surface area contributed by atoms with Crippen molar-refractivity contribution in [3.8, 4) is 0 Å². The van der Waals surface area contributed by atoms with E-state index in [0.717, 1.165) is 52.1 Å². The predicted molar refractivity (Wildman–Crippen MR) is 130 cm³/mol. The lowest BCUT2D eigenvalue weighted by molar-refractivity contribution is 0.131. The van der Waals surface area contributed by atoms with Crippen LogP contribution >= 0.6 is 11.6 Å². The van der Waals surface area contributed by atoms with Crippen LogP contribution < -0.4 is 9.44 Å². The summed E-state index contributed by atoms with van der Waals surface area (Å²) in [4.78, 5) is 5.16. The number of hydrogen-bond donors (Lipinski definition) is 2. The van der Waals surface area contributed by atoms with Crippen LogP contribution in [0, 0.1) is 0 Å². The van der Waals surface area contributed by atoms with Crippen LogP contribution in [0.1, 0.15) is 12.8 Å². The smallest absolute Gasteiger partial charge is 0.240 e. The van der Waals surface area contributed by atoms with Gasteiger partial charge in [0.15, 0.2) is 0 Å². The fourth-order valence-corrected chi connectivity index (χ4v) is 5.93. The Hall–Kier alpha value is -1.53. The van der Waals surface area contributed by atoms with E-state index in [1.165, 1.54) is 12.1 Å². The molecule has 3 rings (SSSR count). The number of halogens is 1. The number of rotatable bonds is 12. The van der Waals surface area contributed by atoms with Gasteiger partial charge in [0.25, 0.3) is 0 Å². The van der Waals surface area contributed by atoms with Crippen LogP contribution in [0.5, 0.6) is 0 Å². The van der Waals surface area contributed by atoms with Gasteiger partial charge in [-0.05, 0) is 62.3 Å². The molecule has 0 aromatic heterocycles. The largest absolute Gasteiger partial charge is 0.301 e. The van der Waals surface area contributed by atoms with Crippen LogP contribution in [0.15, 0.2) is 64.4 Å². The molecule has 2 aromatic rings. The summed E-state index contributed by atoms with van der Waals surface area (Å²) in [7, 11) is -6.96. The molecule has 0 bridgehead atoms. The van der Waals surface area contributed by atoms with Crippen molar-refractivity contribution in [3.05, 3.63) is 59.6 Å². The van der Waals surface area contributed by atoms with E-state index in [1.807, 2.05) is 0 Å². The molecule has 0 atom stereocenters. The molecule has 182 valence electrons. The standard InChI is InChI=1S/C22H31ClN4O4S2/c23-20-8-10-22(11-9-20)33(30,31)25-13-5-15-27-18-16-26(17-19-27)14-4-12-24-32(28,29)21-6-2-1-3-7-21/h1-3,6-11,24-25H,4-5,12-19H2. The first-order valence-corrected chi connectivity index (χ1v) is 14.4. The molecule has 1 heterocycles. The van der Waals surface area contributed by atoms with Crippen LogP contribution in [0.25, 0.3) is 0 Å². The molecule has 11 heteroatoms. The van der Waals surface area contributed by atoms with Crippen molar-refractivity contribution in [1.82, 2.24) is 19.2 Å². The summed E-state index contributed by atoms with van der Waals surface area (Å²) in [6, 6.07) is 14.5. The van der Waals surface area contributed by atoms with Crippen LogP contribution in [-0.4, -0.2) is 79.0 Å². The number of benzene rings is 2. The average Bonchev–Trinajstić information content (AvgIpc) is 2.81. The van der Waals surface area contributed by atoms with Crippen LogP contribution in [0.4, 0.5) is 0 Å². The van der Waals surface area contributed by atoms with Crippen molar-refractivity contribution >= 4 is 31.6 Å². The molecule has 0 amide bonds. The van der Waals surface area contributed by atoms with Gasteiger partial charge in [-0.1, -0.05) is 29.8 Å². The number of nitrogens with zero attached hydrogens (tertiary/aromatic N) is 2. The van der Waals surface area contributed by atoms with Gasteiger partial charge < -0.3 is 9.80 Å². The second kappa shape index (κ2) is 12.3. The maximum Gasteiger partial charge on any atom is 0.240 e. The van der Waals surface area contributed by atoms with Gasteiger partial charge in [-0.15, -0.1) is 0 Å². The lowest BCUT2D eigenvalue weighted by Gasteiger charge is -2.34. The van der Waals surface area contributed by atoms with Gasteiger partial charge >= 0.3 is 0 Å². The third-order valence-electron chi connectivity index (χ3n) is 5.53. The first-order chi connectivity index (χ1) is 15.8. The van der Waals surface area contributed by atoms with Gasteiger partial charge in [-0.2, -0.15) is 0 Å². The molecule has 8 nitrogen and oxygen atoms in total. The number of hydrogen-bond acceptors (Lipinski definition) is 6. The Bertz CT molecular complexity index is 1070. The molecule has 0 spiro atoms. The molecule has 2 N–H and O–H groups in total. The topological polar surface area (TPSA) is 98.8 Å². The Morgan fingerprint density at radius 3 is 1.55 bits per heavy atom. The second-order valence-corrected chi connectivity index (χ2v) is 11.9. The molecule has 1 aliphatic heterocycles. The minimum Gasteiger partial charge on any atom is -0.301 e. The molecule has 33 heavy (non-hydrogen) atoms. The highest BCUT2D eigenvalue weighted by Gasteiger charge is 2.18. The maximum absolute atomic E-state index is 12.3. The Morgan fingerprint density at radius 1 is 0.667 bits per heavy atom. The van der Waals surface area contributed by atoms with Crippen molar-refractivity contribution in [1.29, 1.82) is 0 Å². The summed E-state index contributed by atoms with van der Waals surface area (Å²) in [6.07, 6.45) is 1.48. The summed E-state index contributed by atoms with van der Waals surface area (Å²) in [5.74, 6) is 0. The maximum atomic E-state index is 12.3. The first kappa shape index (κ1) is 26.1. The Balaban J connectivity index is 1.28. The van der Waals surface area contributed by atoms with E-state index in [9.17, 15) is 16.8 Å². The van der Waals surface area contributed by atoms with Gasteiger partial charge in [0.2, 0.25) is 20.0 Å². The third kappa shape index (κ3) is 8.32. The Morgan fingerprint density at radius 2 is 1.09 bits per heavy atom. The highest BCUT2D eigenvalue weighted by molar-refractivity contribution is 7.89. The monoisotopic (exact) mass is 514 g/mol. The number of piperazine rings is 1.